The third-order valence-corrected chi connectivity index (χ3v) is 3.91. The summed E-state index contributed by atoms with van der Waals surface area (Å²) in [5.41, 5.74) is 6.38. The molecule has 25 heavy (non-hydrogen) atoms. The molecule has 0 radical (unpaired) electrons. The normalized spacial score (nSPS) is 16.7. The molecule has 0 fully saturated rings. The molecular formula is C20H20N2O3. The molecule has 0 saturated carbocycles. The molecular weight excluding hydrogens is 316 g/mol. The van der Waals surface area contributed by atoms with Crippen molar-refractivity contribution < 1.29 is 14.3 Å². The van der Waals surface area contributed by atoms with Crippen LogP contribution in [0, 0.1) is 0 Å². The Hall–Kier alpha value is -3.08. The molecule has 0 amide bonds. The Morgan fingerprint density at radius 3 is 2.36 bits per heavy atom. The van der Waals surface area contributed by atoms with Crippen LogP contribution in [0.2, 0.25) is 0 Å². The van der Waals surface area contributed by atoms with Crippen molar-refractivity contribution in [2.45, 2.75) is 19.8 Å². The summed E-state index contributed by atoms with van der Waals surface area (Å²) in [4.78, 5) is 11.9. The number of nitrogens with one attached hydrogen (secondary N) is 1. The minimum absolute atomic E-state index is 0.258. The van der Waals surface area contributed by atoms with Crippen molar-refractivity contribution in [3.8, 4) is 0 Å². The zero-order chi connectivity index (χ0) is 17.6. The molecule has 0 bridgehead atoms. The van der Waals surface area contributed by atoms with Crippen LogP contribution in [0.4, 0.5) is 4.79 Å². The van der Waals surface area contributed by atoms with Gasteiger partial charge in [0.1, 0.15) is 5.76 Å². The van der Waals surface area contributed by atoms with Gasteiger partial charge in [-0.2, -0.15) is 5.10 Å². The number of hydrogen-bond acceptors (Lipinski definition) is 5. The first-order valence-electron chi connectivity index (χ1n) is 8.20. The van der Waals surface area contributed by atoms with Crippen molar-refractivity contribution >= 4 is 11.9 Å². The smallest absolute Gasteiger partial charge is 0.434 e. The van der Waals surface area contributed by atoms with E-state index in [1.165, 1.54) is 0 Å². The fourth-order valence-electron chi connectivity index (χ4n) is 2.77. The summed E-state index contributed by atoms with van der Waals surface area (Å²) in [7, 11) is 0. The number of rotatable bonds is 4. The zero-order valence-corrected chi connectivity index (χ0v) is 14.2. The van der Waals surface area contributed by atoms with Crippen LogP contribution in [0.25, 0.3) is 0 Å². The van der Waals surface area contributed by atoms with Gasteiger partial charge in [0.2, 0.25) is 0 Å². The van der Waals surface area contributed by atoms with Gasteiger partial charge in [-0.05, 0) is 25.0 Å². The number of benzene rings is 2. The second-order valence-corrected chi connectivity index (χ2v) is 5.59. The van der Waals surface area contributed by atoms with Crippen LogP contribution in [0.1, 0.15) is 30.9 Å². The van der Waals surface area contributed by atoms with Crippen molar-refractivity contribution in [3.05, 3.63) is 83.2 Å². The fourth-order valence-corrected chi connectivity index (χ4v) is 2.77. The van der Waals surface area contributed by atoms with Crippen molar-refractivity contribution in [1.29, 1.82) is 0 Å². The Balaban J connectivity index is 2.04. The van der Waals surface area contributed by atoms with Gasteiger partial charge in [0.25, 0.3) is 0 Å². The predicted octanol–water partition coefficient (Wildman–Crippen LogP) is 4.18. The average Bonchev–Trinajstić information content (AvgIpc) is 2.65. The van der Waals surface area contributed by atoms with Gasteiger partial charge in [-0.3, -0.25) is 5.43 Å². The van der Waals surface area contributed by atoms with Crippen LogP contribution in [-0.4, -0.2) is 18.5 Å². The standard InChI is InChI=1S/C20H20N2O3/c1-3-24-20(23)25-19-14(2)21-22-18(16-12-8-5-9-13-16)17(19)15-10-6-4-7-11-15/h4-13,17,21H,3H2,1-2H3. The van der Waals surface area contributed by atoms with Gasteiger partial charge in [-0.15, -0.1) is 0 Å². The van der Waals surface area contributed by atoms with Gasteiger partial charge in [0, 0.05) is 0 Å². The second kappa shape index (κ2) is 7.66. The highest BCUT2D eigenvalue weighted by Crippen LogP contribution is 2.34. The Bertz CT molecular complexity index is 798. The maximum Gasteiger partial charge on any atom is 0.513 e. The predicted molar refractivity (Wildman–Crippen MR) is 96.1 cm³/mol. The summed E-state index contributed by atoms with van der Waals surface area (Å²) >= 11 is 0. The summed E-state index contributed by atoms with van der Waals surface area (Å²) < 4.78 is 10.5. The van der Waals surface area contributed by atoms with Crippen molar-refractivity contribution in [1.82, 2.24) is 5.43 Å². The molecule has 0 saturated heterocycles. The maximum atomic E-state index is 11.9. The highest BCUT2D eigenvalue weighted by Gasteiger charge is 2.32. The van der Waals surface area contributed by atoms with Crippen LogP contribution < -0.4 is 5.43 Å². The molecule has 0 aliphatic carbocycles. The molecule has 3 rings (SSSR count). The summed E-state index contributed by atoms with van der Waals surface area (Å²) in [6.07, 6.45) is -0.714. The van der Waals surface area contributed by atoms with Gasteiger partial charge in [-0.25, -0.2) is 4.79 Å². The van der Waals surface area contributed by atoms with Gasteiger partial charge in [-0.1, -0.05) is 60.7 Å². The lowest BCUT2D eigenvalue weighted by Gasteiger charge is -2.27. The van der Waals surface area contributed by atoms with Crippen LogP contribution >= 0.6 is 0 Å². The van der Waals surface area contributed by atoms with E-state index in [4.69, 9.17) is 9.47 Å². The number of hydrogen-bond donors (Lipinski definition) is 1. The van der Waals surface area contributed by atoms with E-state index in [9.17, 15) is 4.79 Å². The molecule has 0 aromatic heterocycles. The van der Waals surface area contributed by atoms with E-state index < -0.39 is 6.16 Å². The summed E-state index contributed by atoms with van der Waals surface area (Å²) in [5.74, 6) is 0.202. The van der Waals surface area contributed by atoms with E-state index in [2.05, 4.69) is 10.5 Å². The highest BCUT2D eigenvalue weighted by atomic mass is 16.7. The third kappa shape index (κ3) is 3.71. The Labute approximate surface area is 147 Å². The SMILES string of the molecule is CCOC(=O)OC1=C(C)NN=C(c2ccccc2)C1c1ccccc1. The largest absolute Gasteiger partial charge is 0.513 e. The molecule has 1 heterocycles. The maximum absolute atomic E-state index is 11.9. The number of carbonyl (C=O) groups is 1. The monoisotopic (exact) mass is 336 g/mol. The van der Waals surface area contributed by atoms with Crippen molar-refractivity contribution in [3.63, 3.8) is 0 Å². The quantitative estimate of drug-likeness (QED) is 0.851. The topological polar surface area (TPSA) is 59.9 Å². The number of allylic oxidation sites excluding steroid dienone is 2. The zero-order valence-electron chi connectivity index (χ0n) is 14.2. The van der Waals surface area contributed by atoms with Crippen molar-refractivity contribution in [2.75, 3.05) is 6.61 Å². The van der Waals surface area contributed by atoms with E-state index in [1.54, 1.807) is 6.92 Å². The molecule has 5 heteroatoms. The van der Waals surface area contributed by atoms with Crippen LogP contribution in [0.15, 0.2) is 77.2 Å². The first-order valence-corrected chi connectivity index (χ1v) is 8.20. The molecule has 128 valence electrons. The van der Waals surface area contributed by atoms with Crippen molar-refractivity contribution in [2.24, 2.45) is 5.10 Å². The van der Waals surface area contributed by atoms with Gasteiger partial charge in [0.05, 0.1) is 23.9 Å². The van der Waals surface area contributed by atoms with E-state index in [1.807, 2.05) is 67.6 Å². The number of hydrazone groups is 1. The van der Waals surface area contributed by atoms with Crippen LogP contribution in [-0.2, 0) is 9.47 Å². The van der Waals surface area contributed by atoms with Gasteiger partial charge < -0.3 is 9.47 Å². The fraction of sp³-hybridized carbons (Fsp3) is 0.200. The molecule has 1 aliphatic rings. The van der Waals surface area contributed by atoms with E-state index in [0.717, 1.165) is 16.8 Å². The Morgan fingerprint density at radius 2 is 1.72 bits per heavy atom. The molecule has 1 N–H and O–H groups in total. The highest BCUT2D eigenvalue weighted by molar-refractivity contribution is 6.07. The molecule has 2 aromatic rings. The third-order valence-electron chi connectivity index (χ3n) is 3.91. The minimum Gasteiger partial charge on any atom is -0.434 e. The van der Waals surface area contributed by atoms with Crippen LogP contribution in [0.5, 0.6) is 0 Å². The van der Waals surface area contributed by atoms with E-state index in [-0.39, 0.29) is 12.5 Å². The molecule has 1 atom stereocenters. The van der Waals surface area contributed by atoms with E-state index >= 15 is 0 Å². The minimum atomic E-state index is -0.714. The number of nitrogens with zero attached hydrogens (tertiary/aromatic N) is 1. The Morgan fingerprint density at radius 1 is 1.08 bits per heavy atom. The summed E-state index contributed by atoms with van der Waals surface area (Å²) in [5, 5.41) is 4.52. The summed E-state index contributed by atoms with van der Waals surface area (Å²) in [6, 6.07) is 19.7. The molecule has 2 aromatic carbocycles. The second-order valence-electron chi connectivity index (χ2n) is 5.59. The Kier molecular flexibility index (Phi) is 5.14. The number of ether oxygens (including phenoxy) is 2. The van der Waals surface area contributed by atoms with Crippen LogP contribution in [0.3, 0.4) is 0 Å². The van der Waals surface area contributed by atoms with E-state index in [0.29, 0.717) is 11.5 Å². The lowest BCUT2D eigenvalue weighted by molar-refractivity contribution is 0.0779. The first kappa shape index (κ1) is 16.8. The molecule has 1 aliphatic heterocycles. The molecule has 1 unspecified atom stereocenters. The molecule has 5 nitrogen and oxygen atoms in total. The average molecular weight is 336 g/mol. The number of carbonyl (C=O) groups excluding carboxylic acids is 1. The lowest BCUT2D eigenvalue weighted by Crippen LogP contribution is -2.29. The lowest BCUT2D eigenvalue weighted by atomic mass is 9.87. The van der Waals surface area contributed by atoms with Gasteiger partial charge >= 0.3 is 6.16 Å². The van der Waals surface area contributed by atoms with Gasteiger partial charge in [0.15, 0.2) is 0 Å². The molecule has 0 spiro atoms. The first-order chi connectivity index (χ1) is 12.2. The summed E-state index contributed by atoms with van der Waals surface area (Å²) in [6.45, 7) is 3.83.